The van der Waals surface area contributed by atoms with Crippen LogP contribution in [0.4, 0.5) is 0 Å². The van der Waals surface area contributed by atoms with Gasteiger partial charge in [-0.3, -0.25) is 0 Å². The number of aromatic nitrogens is 2. The van der Waals surface area contributed by atoms with E-state index in [4.69, 9.17) is 17.3 Å². The Morgan fingerprint density at radius 1 is 1.32 bits per heavy atom. The fraction of sp³-hybridized carbons (Fsp3) is 0.538. The van der Waals surface area contributed by atoms with Crippen molar-refractivity contribution in [2.24, 2.45) is 21.9 Å². The smallest absolute Gasteiger partial charge is 0.204 e. The van der Waals surface area contributed by atoms with Crippen LogP contribution in [0.5, 0.6) is 0 Å². The molecule has 5 nitrogen and oxygen atoms in total. The van der Waals surface area contributed by atoms with Gasteiger partial charge >= 0.3 is 0 Å². The third-order valence-electron chi connectivity index (χ3n) is 3.42. The van der Waals surface area contributed by atoms with Crippen molar-refractivity contribution in [3.63, 3.8) is 0 Å². The van der Waals surface area contributed by atoms with Gasteiger partial charge in [-0.25, -0.2) is 9.97 Å². The molecule has 1 aliphatic rings. The molecule has 1 aromatic rings. The lowest BCUT2D eigenvalue weighted by molar-refractivity contribution is -0.378. The van der Waals surface area contributed by atoms with Gasteiger partial charge in [0.15, 0.2) is 22.9 Å². The molecule has 1 heterocycles. The quantitative estimate of drug-likeness (QED) is 0.523. The van der Waals surface area contributed by atoms with Gasteiger partial charge in [-0.05, 0) is 25.7 Å². The van der Waals surface area contributed by atoms with E-state index in [2.05, 4.69) is 20.2 Å². The van der Waals surface area contributed by atoms with Crippen LogP contribution in [0, 0.1) is 5.92 Å². The van der Waals surface area contributed by atoms with Gasteiger partial charge in [0.1, 0.15) is 0 Å². The van der Waals surface area contributed by atoms with E-state index >= 15 is 0 Å². The first-order chi connectivity index (χ1) is 9.16. The Morgan fingerprint density at radius 3 is 2.74 bits per heavy atom. The number of aromatic amines is 1. The number of halogens is 1. The van der Waals surface area contributed by atoms with Crippen LogP contribution in [-0.2, 0) is 0 Å². The van der Waals surface area contributed by atoms with Crippen molar-refractivity contribution in [3.8, 4) is 0 Å². The number of amidine groups is 1. The largest absolute Gasteiger partial charge is 0.380 e. The first kappa shape index (κ1) is 13.9. The van der Waals surface area contributed by atoms with Crippen molar-refractivity contribution in [2.75, 3.05) is 0 Å². The third kappa shape index (κ3) is 3.99. The van der Waals surface area contributed by atoms with E-state index < -0.39 is 0 Å². The lowest BCUT2D eigenvalue weighted by Crippen LogP contribution is -2.19. The number of nitrogens with two attached hydrogens (primary N) is 1. The molecule has 1 aliphatic carbocycles. The molecule has 1 saturated carbocycles. The highest BCUT2D eigenvalue weighted by Crippen LogP contribution is 2.24. The molecule has 1 fully saturated rings. The monoisotopic (exact) mass is 280 g/mol. The van der Waals surface area contributed by atoms with E-state index in [0.717, 1.165) is 5.71 Å². The summed E-state index contributed by atoms with van der Waals surface area (Å²) in [7, 11) is 0. The molecule has 0 bridgehead atoms. The molecule has 0 spiro atoms. The molecule has 1 aromatic heterocycles. The fourth-order valence-electron chi connectivity index (χ4n) is 2.29. The van der Waals surface area contributed by atoms with E-state index in [0.29, 0.717) is 16.8 Å². The first-order valence-corrected chi connectivity index (χ1v) is 6.96. The maximum Gasteiger partial charge on any atom is 0.204 e. The molecule has 0 saturated heterocycles. The van der Waals surface area contributed by atoms with Crippen molar-refractivity contribution in [3.05, 3.63) is 23.2 Å². The Hall–Kier alpha value is -1.49. The van der Waals surface area contributed by atoms with Gasteiger partial charge < -0.3 is 5.73 Å². The van der Waals surface area contributed by atoms with E-state index in [1.54, 1.807) is 12.4 Å². The van der Waals surface area contributed by atoms with Gasteiger partial charge in [-0.2, -0.15) is 5.10 Å². The highest BCUT2D eigenvalue weighted by Gasteiger charge is 2.16. The molecule has 0 amide bonds. The van der Waals surface area contributed by atoms with Crippen molar-refractivity contribution < 1.29 is 4.98 Å². The Kier molecular flexibility index (Phi) is 4.85. The highest BCUT2D eigenvalue weighted by molar-refractivity contribution is 6.29. The summed E-state index contributed by atoms with van der Waals surface area (Å²) in [6.45, 7) is 2.02. The zero-order chi connectivity index (χ0) is 13.7. The van der Waals surface area contributed by atoms with E-state index in [9.17, 15) is 0 Å². The molecule has 2 rings (SSSR count). The summed E-state index contributed by atoms with van der Waals surface area (Å²) in [5.74, 6) is 0.818. The van der Waals surface area contributed by atoms with Crippen molar-refractivity contribution in [2.45, 2.75) is 39.0 Å². The normalized spacial score (nSPS) is 18.6. The van der Waals surface area contributed by atoms with Crippen LogP contribution < -0.4 is 10.7 Å². The molecule has 102 valence electrons. The van der Waals surface area contributed by atoms with Gasteiger partial charge in [-0.1, -0.05) is 30.9 Å². The minimum absolute atomic E-state index is 0.272. The van der Waals surface area contributed by atoms with Gasteiger partial charge in [0.05, 0.1) is 0 Å². The van der Waals surface area contributed by atoms with E-state index in [1.165, 1.54) is 32.1 Å². The molecular weight excluding hydrogens is 262 g/mol. The second kappa shape index (κ2) is 6.61. The lowest BCUT2D eigenvalue weighted by Gasteiger charge is -2.20. The molecule has 0 atom stereocenters. The molecule has 6 heteroatoms. The fourth-order valence-corrected chi connectivity index (χ4v) is 2.44. The summed E-state index contributed by atoms with van der Waals surface area (Å²) in [5, 5.41) is 8.64. The number of nitrogens with zero attached hydrogens (tertiary/aromatic N) is 3. The predicted octanol–water partition coefficient (Wildman–Crippen LogP) is 2.21. The van der Waals surface area contributed by atoms with Crippen molar-refractivity contribution in [1.29, 1.82) is 0 Å². The number of hydrogen-bond donors (Lipinski definition) is 1. The van der Waals surface area contributed by atoms with Gasteiger partial charge in [0, 0.05) is 5.71 Å². The average molecular weight is 281 g/mol. The Balaban J connectivity index is 2.07. The Morgan fingerprint density at radius 2 is 2.05 bits per heavy atom. The molecule has 19 heavy (non-hydrogen) atoms. The molecule has 0 aromatic carbocycles. The summed E-state index contributed by atoms with van der Waals surface area (Å²) in [6.07, 6.45) is 9.52. The number of hydrogen-bond acceptors (Lipinski definition) is 3. The van der Waals surface area contributed by atoms with E-state index in [1.807, 2.05) is 6.92 Å². The molecular formula is C13H19ClN5+. The summed E-state index contributed by atoms with van der Waals surface area (Å²) in [6, 6.07) is 0. The number of nitrogens with one attached hydrogen (secondary N) is 1. The topological polar surface area (TPSA) is 77.8 Å². The zero-order valence-electron chi connectivity index (χ0n) is 11.1. The maximum atomic E-state index is 5.84. The number of H-pyrrole nitrogens is 1. The zero-order valence-corrected chi connectivity index (χ0v) is 11.8. The Labute approximate surface area is 118 Å². The van der Waals surface area contributed by atoms with Crippen LogP contribution in [0.1, 0.15) is 44.7 Å². The van der Waals surface area contributed by atoms with E-state index in [-0.39, 0.29) is 5.84 Å². The summed E-state index contributed by atoms with van der Waals surface area (Å²) in [5.41, 5.74) is 7.40. The SMILES string of the molecule is C/C(=N/N=C(N)c1c[nH+]cc(Cl)n1)C1CCCCC1. The Bertz CT molecular complexity index is 492. The molecule has 0 radical (unpaired) electrons. The maximum absolute atomic E-state index is 5.84. The summed E-state index contributed by atoms with van der Waals surface area (Å²) < 4.78 is 0. The van der Waals surface area contributed by atoms with Gasteiger partial charge in [-0.15, -0.1) is 5.10 Å². The second-order valence-corrected chi connectivity index (χ2v) is 5.22. The molecule has 0 unspecified atom stereocenters. The molecule has 3 N–H and O–H groups in total. The van der Waals surface area contributed by atoms with Crippen molar-refractivity contribution in [1.82, 2.24) is 4.98 Å². The number of rotatable bonds is 3. The van der Waals surface area contributed by atoms with Gasteiger partial charge in [0.2, 0.25) is 6.20 Å². The van der Waals surface area contributed by atoms with Crippen LogP contribution in [0.15, 0.2) is 22.6 Å². The van der Waals surface area contributed by atoms with Crippen LogP contribution >= 0.6 is 11.6 Å². The van der Waals surface area contributed by atoms with Gasteiger partial charge in [0.25, 0.3) is 0 Å². The van der Waals surface area contributed by atoms with Crippen LogP contribution in [0.25, 0.3) is 0 Å². The minimum atomic E-state index is 0.272. The average Bonchev–Trinajstić information content (AvgIpc) is 2.45. The minimum Gasteiger partial charge on any atom is -0.380 e. The van der Waals surface area contributed by atoms with Crippen LogP contribution in [0.3, 0.4) is 0 Å². The summed E-state index contributed by atoms with van der Waals surface area (Å²) in [4.78, 5) is 6.93. The first-order valence-electron chi connectivity index (χ1n) is 6.58. The van der Waals surface area contributed by atoms with Crippen molar-refractivity contribution >= 4 is 23.1 Å². The second-order valence-electron chi connectivity index (χ2n) is 4.84. The predicted molar refractivity (Wildman–Crippen MR) is 76.2 cm³/mol. The van der Waals surface area contributed by atoms with Crippen LogP contribution in [-0.4, -0.2) is 16.5 Å². The lowest BCUT2D eigenvalue weighted by atomic mass is 9.86. The van der Waals surface area contributed by atoms with Crippen LogP contribution in [0.2, 0.25) is 5.15 Å². The molecule has 0 aliphatic heterocycles. The third-order valence-corrected chi connectivity index (χ3v) is 3.62. The highest BCUT2D eigenvalue weighted by atomic mass is 35.5. The summed E-state index contributed by atoms with van der Waals surface area (Å²) >= 11 is 5.78. The standard InChI is InChI=1S/C13H18ClN5/c1-9(10-5-3-2-4-6-10)18-19-13(15)11-7-16-8-12(14)17-11/h7-8,10H,2-6H2,1H3,(H2,15,19)/p+1/b18-9-.